The van der Waals surface area contributed by atoms with E-state index in [1.54, 1.807) is 78.9 Å². The maximum Gasteiger partial charge on any atom is 0.412 e. The Balaban J connectivity index is 1.48. The summed E-state index contributed by atoms with van der Waals surface area (Å²) >= 11 is 0. The van der Waals surface area contributed by atoms with Crippen LogP contribution in [0.15, 0.2) is 91.0 Å². The first kappa shape index (κ1) is 40.3. The van der Waals surface area contributed by atoms with Crippen molar-refractivity contribution < 1.29 is 57.2 Å². The van der Waals surface area contributed by atoms with Crippen molar-refractivity contribution in [3.63, 3.8) is 0 Å². The van der Waals surface area contributed by atoms with Crippen molar-refractivity contribution in [1.29, 1.82) is 0 Å². The minimum atomic E-state index is -0.925. The van der Waals surface area contributed by atoms with E-state index >= 15 is 0 Å². The summed E-state index contributed by atoms with van der Waals surface area (Å²) in [5.74, 6) is -1.82. The van der Waals surface area contributed by atoms with Crippen LogP contribution < -0.4 is 11.1 Å². The maximum atomic E-state index is 13.0. The maximum absolute atomic E-state index is 13.0. The van der Waals surface area contributed by atoms with Gasteiger partial charge >= 0.3 is 36.2 Å². The van der Waals surface area contributed by atoms with Crippen LogP contribution in [0.25, 0.3) is 0 Å². The zero-order valence-electron chi connectivity index (χ0n) is 28.5. The smallest absolute Gasteiger partial charge is 0.412 e. The summed E-state index contributed by atoms with van der Waals surface area (Å²) in [6.07, 6.45) is -2.75. The van der Waals surface area contributed by atoms with Crippen LogP contribution in [0.4, 0.5) is 14.4 Å². The molecule has 3 rings (SSSR count). The second-order valence-corrected chi connectivity index (χ2v) is 10.8. The van der Waals surface area contributed by atoms with Gasteiger partial charge in [0.15, 0.2) is 0 Å². The monoisotopic (exact) mass is 722 g/mol. The summed E-state index contributed by atoms with van der Waals surface area (Å²) in [7, 11) is 0. The SMILES string of the molecule is NCCN(CCN(CCNC(=O)OCOC(=O)Cc1ccccc1)C(=O)OCOC(=O)Cc1ccccc1)C(=O)OCOC(=O)Cc1ccccc1. The molecule has 0 aliphatic rings. The molecule has 0 aromatic heterocycles. The summed E-state index contributed by atoms with van der Waals surface area (Å²) in [6, 6.07) is 26.6. The Morgan fingerprint density at radius 3 is 1.23 bits per heavy atom. The summed E-state index contributed by atoms with van der Waals surface area (Å²) in [4.78, 5) is 76.5. The van der Waals surface area contributed by atoms with E-state index in [-0.39, 0.29) is 58.5 Å². The zero-order valence-corrected chi connectivity index (χ0v) is 28.5. The largest absolute Gasteiger partial charge is 0.428 e. The number of carbonyl (C=O) groups is 6. The lowest BCUT2D eigenvalue weighted by Crippen LogP contribution is -2.45. The zero-order chi connectivity index (χ0) is 37.4. The van der Waals surface area contributed by atoms with Crippen LogP contribution in [0, 0.1) is 0 Å². The number of nitrogens with one attached hydrogen (secondary N) is 1. The summed E-state index contributed by atoms with van der Waals surface area (Å²) < 4.78 is 30.1. The van der Waals surface area contributed by atoms with Gasteiger partial charge in [-0.25, -0.2) is 14.4 Å². The van der Waals surface area contributed by atoms with Crippen molar-refractivity contribution in [2.75, 3.05) is 59.6 Å². The van der Waals surface area contributed by atoms with E-state index in [4.69, 9.17) is 34.2 Å². The molecule has 0 atom stereocenters. The first-order valence-corrected chi connectivity index (χ1v) is 16.3. The molecule has 3 aromatic rings. The van der Waals surface area contributed by atoms with Crippen LogP contribution in [0.1, 0.15) is 16.7 Å². The molecule has 278 valence electrons. The second kappa shape index (κ2) is 23.3. The number of nitrogens with zero attached hydrogens (tertiary/aromatic N) is 2. The number of rotatable bonds is 20. The van der Waals surface area contributed by atoms with Crippen LogP contribution in [-0.2, 0) is 62.1 Å². The Morgan fingerprint density at radius 2 is 0.846 bits per heavy atom. The van der Waals surface area contributed by atoms with Gasteiger partial charge in [0.25, 0.3) is 0 Å². The van der Waals surface area contributed by atoms with Crippen molar-refractivity contribution in [1.82, 2.24) is 15.1 Å². The van der Waals surface area contributed by atoms with Crippen LogP contribution in [0.3, 0.4) is 0 Å². The van der Waals surface area contributed by atoms with Gasteiger partial charge in [-0.05, 0) is 16.7 Å². The number of alkyl carbamates (subject to hydrolysis) is 1. The van der Waals surface area contributed by atoms with Gasteiger partial charge < -0.3 is 49.3 Å². The highest BCUT2D eigenvalue weighted by Gasteiger charge is 2.21. The minimum absolute atomic E-state index is 0.00141. The third kappa shape index (κ3) is 16.5. The normalized spacial score (nSPS) is 10.2. The molecule has 3 aromatic carbocycles. The van der Waals surface area contributed by atoms with Crippen molar-refractivity contribution >= 4 is 36.2 Å². The second-order valence-electron chi connectivity index (χ2n) is 10.8. The Kier molecular flexibility index (Phi) is 18.0. The van der Waals surface area contributed by atoms with Crippen molar-refractivity contribution in [3.8, 4) is 0 Å². The first-order valence-electron chi connectivity index (χ1n) is 16.3. The van der Waals surface area contributed by atoms with Gasteiger partial charge in [-0.3, -0.25) is 14.4 Å². The highest BCUT2D eigenvalue weighted by molar-refractivity contribution is 5.74. The molecule has 0 aliphatic carbocycles. The van der Waals surface area contributed by atoms with Gasteiger partial charge in [0, 0.05) is 39.3 Å². The minimum Gasteiger partial charge on any atom is -0.428 e. The Morgan fingerprint density at radius 1 is 0.481 bits per heavy atom. The predicted octanol–water partition coefficient (Wildman–Crippen LogP) is 2.78. The van der Waals surface area contributed by atoms with Crippen molar-refractivity contribution in [3.05, 3.63) is 108 Å². The third-order valence-corrected chi connectivity index (χ3v) is 6.99. The van der Waals surface area contributed by atoms with E-state index in [1.165, 1.54) is 4.90 Å². The molecule has 0 bridgehead atoms. The highest BCUT2D eigenvalue weighted by Crippen LogP contribution is 2.05. The first-order chi connectivity index (χ1) is 25.2. The average Bonchev–Trinajstić information content (AvgIpc) is 3.13. The molecule has 0 saturated carbocycles. The van der Waals surface area contributed by atoms with Crippen molar-refractivity contribution in [2.24, 2.45) is 5.73 Å². The molecule has 0 fully saturated rings. The summed E-state index contributed by atoms with van der Waals surface area (Å²) in [5, 5.41) is 2.42. The standard InChI is InChI=1S/C36H42N4O12/c37-16-18-39(35(45)51-26-48-32(42)23-29-12-6-2-7-13-29)20-21-40(36(46)52-27-49-33(43)24-30-14-8-3-9-15-30)19-17-38-34(44)50-25-47-31(41)22-28-10-4-1-5-11-28/h1-15H,16-27,37H2,(H,38,44). The number of ether oxygens (including phenoxy) is 6. The fraction of sp³-hybridized carbons (Fsp3) is 0.333. The molecule has 0 radical (unpaired) electrons. The molecule has 0 unspecified atom stereocenters. The Bertz CT molecular complexity index is 1560. The lowest BCUT2D eigenvalue weighted by molar-refractivity contribution is -0.153. The number of hydrogen-bond acceptors (Lipinski definition) is 13. The van der Waals surface area contributed by atoms with Gasteiger partial charge in [0.05, 0.1) is 19.3 Å². The third-order valence-electron chi connectivity index (χ3n) is 6.99. The quantitative estimate of drug-likeness (QED) is 0.0980. The number of hydrogen-bond donors (Lipinski definition) is 2. The lowest BCUT2D eigenvalue weighted by atomic mass is 10.2. The lowest BCUT2D eigenvalue weighted by Gasteiger charge is -2.26. The number of benzene rings is 3. The molecule has 0 heterocycles. The molecule has 3 amide bonds. The summed E-state index contributed by atoms with van der Waals surface area (Å²) in [6.45, 7) is -2.38. The highest BCUT2D eigenvalue weighted by atomic mass is 16.7. The Labute approximate surface area is 300 Å². The average molecular weight is 723 g/mol. The van der Waals surface area contributed by atoms with Gasteiger partial charge in [-0.1, -0.05) is 91.0 Å². The topological polar surface area (TPSA) is 202 Å². The fourth-order valence-corrected chi connectivity index (χ4v) is 4.39. The number of esters is 3. The molecular formula is C36H42N4O12. The molecular weight excluding hydrogens is 680 g/mol. The molecule has 0 spiro atoms. The molecule has 0 aliphatic heterocycles. The number of carbonyl (C=O) groups excluding carboxylic acids is 6. The molecule has 16 heteroatoms. The van der Waals surface area contributed by atoms with Gasteiger partial charge in [0.2, 0.25) is 20.4 Å². The van der Waals surface area contributed by atoms with Crippen molar-refractivity contribution in [2.45, 2.75) is 19.3 Å². The molecule has 52 heavy (non-hydrogen) atoms. The van der Waals surface area contributed by atoms with Crippen LogP contribution in [0.5, 0.6) is 0 Å². The predicted molar refractivity (Wildman–Crippen MR) is 183 cm³/mol. The van der Waals surface area contributed by atoms with Crippen LogP contribution in [0.2, 0.25) is 0 Å². The van der Waals surface area contributed by atoms with E-state index in [1.807, 2.05) is 12.1 Å². The van der Waals surface area contributed by atoms with E-state index < -0.39 is 56.6 Å². The van der Waals surface area contributed by atoms with E-state index in [2.05, 4.69) is 5.32 Å². The van der Waals surface area contributed by atoms with Gasteiger partial charge in [0.1, 0.15) is 0 Å². The summed E-state index contributed by atoms with van der Waals surface area (Å²) in [5.41, 5.74) is 7.85. The van der Waals surface area contributed by atoms with Gasteiger partial charge in [-0.2, -0.15) is 0 Å². The van der Waals surface area contributed by atoms with Gasteiger partial charge in [-0.15, -0.1) is 0 Å². The van der Waals surface area contributed by atoms with Crippen LogP contribution in [-0.4, -0.2) is 106 Å². The van der Waals surface area contributed by atoms with E-state index in [0.717, 1.165) is 16.0 Å². The Hall–Kier alpha value is -6.16. The molecule has 3 N–H and O–H groups in total. The number of amides is 3. The van der Waals surface area contributed by atoms with E-state index in [0.29, 0.717) is 5.56 Å². The van der Waals surface area contributed by atoms with Crippen LogP contribution >= 0.6 is 0 Å². The molecule has 0 saturated heterocycles. The van der Waals surface area contributed by atoms with E-state index in [9.17, 15) is 28.8 Å². The fourth-order valence-electron chi connectivity index (χ4n) is 4.39. The number of nitrogens with two attached hydrogens (primary N) is 1. The molecule has 16 nitrogen and oxygen atoms in total.